The Morgan fingerprint density at radius 1 is 1.38 bits per heavy atom. The third kappa shape index (κ3) is 3.08. The molecule has 1 amide bonds. The van der Waals surface area contributed by atoms with Gasteiger partial charge in [0.05, 0.1) is 30.0 Å². The zero-order valence-corrected chi connectivity index (χ0v) is 11.4. The summed E-state index contributed by atoms with van der Waals surface area (Å²) in [6.07, 6.45) is 3.66. The molecule has 0 aliphatic carbocycles. The lowest BCUT2D eigenvalue weighted by atomic mass is 10.4. The molecule has 3 aromatic rings. The first-order valence-electron chi connectivity index (χ1n) is 5.93. The summed E-state index contributed by atoms with van der Waals surface area (Å²) in [5.41, 5.74) is 0.549. The topological polar surface area (TPSA) is 85.6 Å². The number of amides is 1. The highest BCUT2D eigenvalue weighted by molar-refractivity contribution is 7.12. The quantitative estimate of drug-likeness (QED) is 0.782. The van der Waals surface area contributed by atoms with Gasteiger partial charge >= 0.3 is 0 Å². The van der Waals surface area contributed by atoms with E-state index in [0.717, 1.165) is 12.4 Å². The van der Waals surface area contributed by atoms with Crippen LogP contribution in [0.2, 0.25) is 0 Å². The second-order valence-corrected chi connectivity index (χ2v) is 4.96. The molecule has 0 saturated heterocycles. The van der Waals surface area contributed by atoms with E-state index >= 15 is 0 Å². The Kier molecular flexibility index (Phi) is 3.65. The Hall–Kier alpha value is -2.68. The van der Waals surface area contributed by atoms with E-state index in [-0.39, 0.29) is 18.4 Å². The molecule has 0 atom stereocenters. The Morgan fingerprint density at radius 3 is 2.90 bits per heavy atom. The van der Waals surface area contributed by atoms with Crippen LogP contribution >= 0.6 is 11.3 Å². The molecule has 0 spiro atoms. The van der Waals surface area contributed by atoms with Crippen LogP contribution in [0.1, 0.15) is 15.4 Å². The lowest BCUT2D eigenvalue weighted by Crippen LogP contribution is -2.21. The van der Waals surface area contributed by atoms with Crippen molar-refractivity contribution in [2.45, 2.75) is 6.54 Å². The van der Waals surface area contributed by atoms with E-state index < -0.39 is 5.82 Å². The molecule has 3 rings (SSSR count). The normalized spacial score (nSPS) is 10.5. The molecule has 0 fully saturated rings. The van der Waals surface area contributed by atoms with Gasteiger partial charge in [0.2, 0.25) is 0 Å². The number of carbonyl (C=O) groups is 1. The average Bonchev–Trinajstić information content (AvgIpc) is 3.17. The molecule has 7 nitrogen and oxygen atoms in total. The van der Waals surface area contributed by atoms with Gasteiger partial charge in [0, 0.05) is 0 Å². The van der Waals surface area contributed by atoms with Crippen LogP contribution in [0.4, 0.5) is 4.39 Å². The highest BCUT2D eigenvalue weighted by Gasteiger charge is 2.09. The lowest BCUT2D eigenvalue weighted by Gasteiger charge is -1.99. The van der Waals surface area contributed by atoms with Gasteiger partial charge in [-0.15, -0.1) is 16.4 Å². The fourth-order valence-electron chi connectivity index (χ4n) is 1.57. The standard InChI is InChI=1S/C12H9FN6OS/c13-8-4-15-12(16-5-8)19-7-9(17-18-19)6-14-11(20)10-2-1-3-21-10/h1-5,7H,6H2,(H,14,20). The summed E-state index contributed by atoms with van der Waals surface area (Å²) in [5.74, 6) is -0.486. The van der Waals surface area contributed by atoms with E-state index in [2.05, 4.69) is 25.6 Å². The predicted molar refractivity (Wildman–Crippen MR) is 72.4 cm³/mol. The molecule has 0 radical (unpaired) electrons. The molecule has 106 valence electrons. The third-order valence-corrected chi connectivity index (χ3v) is 3.40. The van der Waals surface area contributed by atoms with E-state index in [0.29, 0.717) is 10.6 Å². The van der Waals surface area contributed by atoms with Crippen molar-refractivity contribution in [2.75, 3.05) is 0 Å². The zero-order chi connectivity index (χ0) is 14.7. The molecule has 0 saturated carbocycles. The largest absolute Gasteiger partial charge is 0.346 e. The van der Waals surface area contributed by atoms with Crippen molar-refractivity contribution in [3.8, 4) is 5.95 Å². The second-order valence-electron chi connectivity index (χ2n) is 4.02. The van der Waals surface area contributed by atoms with Crippen LogP contribution in [-0.2, 0) is 6.54 Å². The van der Waals surface area contributed by atoms with Gasteiger partial charge in [-0.1, -0.05) is 11.3 Å². The number of hydrogen-bond acceptors (Lipinski definition) is 6. The Morgan fingerprint density at radius 2 is 2.19 bits per heavy atom. The average molecular weight is 304 g/mol. The minimum atomic E-state index is -0.526. The predicted octanol–water partition coefficient (Wildman–Crippen LogP) is 1.19. The third-order valence-electron chi connectivity index (χ3n) is 2.53. The van der Waals surface area contributed by atoms with Crippen molar-refractivity contribution in [2.24, 2.45) is 0 Å². The maximum Gasteiger partial charge on any atom is 0.261 e. The van der Waals surface area contributed by atoms with Gasteiger partial charge in [0.1, 0.15) is 5.69 Å². The number of hydrogen-bond donors (Lipinski definition) is 1. The van der Waals surface area contributed by atoms with Crippen LogP contribution in [0.3, 0.4) is 0 Å². The van der Waals surface area contributed by atoms with Crippen molar-refractivity contribution >= 4 is 17.2 Å². The minimum Gasteiger partial charge on any atom is -0.346 e. The first-order chi connectivity index (χ1) is 10.2. The van der Waals surface area contributed by atoms with E-state index in [1.165, 1.54) is 16.0 Å². The monoisotopic (exact) mass is 304 g/mol. The first kappa shape index (κ1) is 13.3. The second kappa shape index (κ2) is 5.75. The van der Waals surface area contributed by atoms with Crippen molar-refractivity contribution in [1.29, 1.82) is 0 Å². The number of carbonyl (C=O) groups excluding carboxylic acids is 1. The fraction of sp³-hybridized carbons (Fsp3) is 0.0833. The van der Waals surface area contributed by atoms with Gasteiger partial charge in [-0.25, -0.2) is 14.4 Å². The summed E-state index contributed by atoms with van der Waals surface area (Å²) in [7, 11) is 0. The van der Waals surface area contributed by atoms with Crippen LogP contribution in [0.5, 0.6) is 0 Å². The summed E-state index contributed by atoms with van der Waals surface area (Å²) >= 11 is 1.36. The molecule has 1 N–H and O–H groups in total. The number of halogens is 1. The molecular formula is C12H9FN6OS. The number of nitrogens with one attached hydrogen (secondary N) is 1. The van der Waals surface area contributed by atoms with Crippen molar-refractivity contribution < 1.29 is 9.18 Å². The number of thiophene rings is 1. The summed E-state index contributed by atoms with van der Waals surface area (Å²) in [4.78, 5) is 20.0. The van der Waals surface area contributed by atoms with E-state index in [1.807, 2.05) is 11.4 Å². The van der Waals surface area contributed by atoms with Gasteiger partial charge in [-0.05, 0) is 11.4 Å². The van der Waals surface area contributed by atoms with Crippen LogP contribution in [0.15, 0.2) is 36.1 Å². The maximum absolute atomic E-state index is 12.7. The molecule has 3 aromatic heterocycles. The first-order valence-corrected chi connectivity index (χ1v) is 6.81. The van der Waals surface area contributed by atoms with Gasteiger partial charge in [-0.2, -0.15) is 4.68 Å². The van der Waals surface area contributed by atoms with Crippen molar-refractivity contribution in [3.63, 3.8) is 0 Å². The summed E-state index contributed by atoms with van der Waals surface area (Å²) in [6, 6.07) is 3.55. The Balaban J connectivity index is 1.65. The number of nitrogens with zero attached hydrogens (tertiary/aromatic N) is 5. The van der Waals surface area contributed by atoms with E-state index in [4.69, 9.17) is 0 Å². The van der Waals surface area contributed by atoms with Crippen LogP contribution in [0, 0.1) is 5.82 Å². The summed E-state index contributed by atoms with van der Waals surface area (Å²) < 4.78 is 14.0. The number of aromatic nitrogens is 5. The fourth-order valence-corrected chi connectivity index (χ4v) is 2.21. The molecule has 0 aliphatic heterocycles. The Labute approximate surface area is 122 Å². The van der Waals surface area contributed by atoms with Gasteiger partial charge in [-0.3, -0.25) is 4.79 Å². The van der Waals surface area contributed by atoms with E-state index in [9.17, 15) is 9.18 Å². The maximum atomic E-state index is 12.7. The van der Waals surface area contributed by atoms with Crippen LogP contribution < -0.4 is 5.32 Å². The summed E-state index contributed by atoms with van der Waals surface area (Å²) in [6.45, 7) is 0.234. The Bertz CT molecular complexity index is 739. The van der Waals surface area contributed by atoms with Crippen molar-refractivity contribution in [1.82, 2.24) is 30.3 Å². The van der Waals surface area contributed by atoms with Crippen LogP contribution in [-0.4, -0.2) is 30.9 Å². The highest BCUT2D eigenvalue weighted by atomic mass is 32.1. The molecule has 9 heteroatoms. The molecule has 0 aliphatic rings. The van der Waals surface area contributed by atoms with Gasteiger partial charge in [0.15, 0.2) is 5.82 Å². The molecule has 0 unspecified atom stereocenters. The lowest BCUT2D eigenvalue weighted by molar-refractivity contribution is 0.0954. The van der Waals surface area contributed by atoms with Crippen molar-refractivity contribution in [3.05, 3.63) is 52.5 Å². The molecule has 0 aromatic carbocycles. The molecular weight excluding hydrogens is 295 g/mol. The smallest absolute Gasteiger partial charge is 0.261 e. The van der Waals surface area contributed by atoms with Crippen LogP contribution in [0.25, 0.3) is 5.95 Å². The molecule has 21 heavy (non-hydrogen) atoms. The number of rotatable bonds is 4. The molecule has 0 bridgehead atoms. The van der Waals surface area contributed by atoms with Gasteiger partial charge < -0.3 is 5.32 Å². The SMILES string of the molecule is O=C(NCc1cn(-c2ncc(F)cn2)nn1)c1cccs1. The highest BCUT2D eigenvalue weighted by Crippen LogP contribution is 2.08. The zero-order valence-electron chi connectivity index (χ0n) is 10.6. The summed E-state index contributed by atoms with van der Waals surface area (Å²) in [5, 5.41) is 12.3. The minimum absolute atomic E-state index is 0.169. The van der Waals surface area contributed by atoms with Gasteiger partial charge in [0.25, 0.3) is 11.9 Å². The molecule has 3 heterocycles. The van der Waals surface area contributed by atoms with E-state index in [1.54, 1.807) is 12.3 Å².